The highest BCUT2D eigenvalue weighted by molar-refractivity contribution is 6.31. The molecule has 0 amide bonds. The molecule has 0 saturated heterocycles. The van der Waals surface area contributed by atoms with Gasteiger partial charge in [0.15, 0.2) is 0 Å². The molecule has 0 fully saturated rings. The molecule has 0 radical (unpaired) electrons. The molecule has 1 N–H and O–H groups in total. The Hall–Kier alpha value is -1.58. The van der Waals surface area contributed by atoms with Crippen molar-refractivity contribution in [3.05, 3.63) is 58.9 Å². The summed E-state index contributed by atoms with van der Waals surface area (Å²) in [5.41, 5.74) is 2.29. The van der Waals surface area contributed by atoms with Gasteiger partial charge in [-0.05, 0) is 41.8 Å². The summed E-state index contributed by atoms with van der Waals surface area (Å²) < 4.78 is 5.70. The van der Waals surface area contributed by atoms with E-state index in [0.717, 1.165) is 35.8 Å². The molecule has 0 aliphatic rings. The van der Waals surface area contributed by atoms with Crippen molar-refractivity contribution in [2.45, 2.75) is 19.9 Å². The lowest BCUT2D eigenvalue weighted by molar-refractivity contribution is 0.313. The number of aryl methyl sites for hydroxylation is 1. The molecule has 1 aromatic heterocycles. The van der Waals surface area contributed by atoms with Gasteiger partial charge in [-0.25, -0.2) is 0 Å². The summed E-state index contributed by atoms with van der Waals surface area (Å²) in [6.07, 6.45) is 4.55. The first kappa shape index (κ1) is 14.8. The van der Waals surface area contributed by atoms with Crippen LogP contribution in [-0.4, -0.2) is 18.1 Å². The van der Waals surface area contributed by atoms with Crippen LogP contribution in [-0.2, 0) is 13.0 Å². The Bertz CT molecular complexity index is 531. The lowest BCUT2D eigenvalue weighted by atomic mass is 10.1. The molecule has 3 nitrogen and oxygen atoms in total. The Morgan fingerprint density at radius 3 is 2.95 bits per heavy atom. The number of benzene rings is 1. The van der Waals surface area contributed by atoms with Crippen LogP contribution in [0.1, 0.15) is 18.1 Å². The van der Waals surface area contributed by atoms with Crippen LogP contribution < -0.4 is 10.1 Å². The number of aromatic nitrogens is 1. The monoisotopic (exact) mass is 290 g/mol. The number of nitrogens with zero attached hydrogens (tertiary/aromatic N) is 1. The second kappa shape index (κ2) is 7.88. The van der Waals surface area contributed by atoms with E-state index in [1.54, 1.807) is 6.20 Å². The van der Waals surface area contributed by atoms with Crippen molar-refractivity contribution in [3.63, 3.8) is 0 Å². The summed E-state index contributed by atoms with van der Waals surface area (Å²) in [5, 5.41) is 4.12. The molecule has 0 atom stereocenters. The summed E-state index contributed by atoms with van der Waals surface area (Å²) in [7, 11) is 0. The third-order valence-corrected chi connectivity index (χ3v) is 3.37. The van der Waals surface area contributed by atoms with Crippen molar-refractivity contribution in [2.75, 3.05) is 13.2 Å². The van der Waals surface area contributed by atoms with Gasteiger partial charge in [-0.1, -0.05) is 24.6 Å². The van der Waals surface area contributed by atoms with E-state index in [0.29, 0.717) is 6.61 Å². The van der Waals surface area contributed by atoms with E-state index >= 15 is 0 Å². The van der Waals surface area contributed by atoms with Gasteiger partial charge >= 0.3 is 0 Å². The maximum atomic E-state index is 6.07. The molecule has 0 spiro atoms. The van der Waals surface area contributed by atoms with E-state index in [-0.39, 0.29) is 0 Å². The summed E-state index contributed by atoms with van der Waals surface area (Å²) in [4.78, 5) is 4.07. The number of hydrogen-bond acceptors (Lipinski definition) is 3. The number of rotatable bonds is 7. The molecule has 0 aliphatic carbocycles. The summed E-state index contributed by atoms with van der Waals surface area (Å²) in [6.45, 7) is 4.31. The lowest BCUT2D eigenvalue weighted by Crippen LogP contribution is -2.20. The highest BCUT2D eigenvalue weighted by Gasteiger charge is 2.01. The SMILES string of the molecule is CCc1cc(OCCNCc2cccnc2)ccc1Cl. The third-order valence-electron chi connectivity index (χ3n) is 3.00. The molecule has 106 valence electrons. The van der Waals surface area contributed by atoms with Crippen molar-refractivity contribution in [1.82, 2.24) is 10.3 Å². The van der Waals surface area contributed by atoms with Gasteiger partial charge in [0.05, 0.1) is 0 Å². The van der Waals surface area contributed by atoms with Gasteiger partial charge in [-0.3, -0.25) is 4.98 Å². The van der Waals surface area contributed by atoms with Crippen LogP contribution in [0.3, 0.4) is 0 Å². The molecule has 2 aromatic rings. The summed E-state index contributed by atoms with van der Waals surface area (Å²) in [5.74, 6) is 0.870. The number of nitrogens with one attached hydrogen (secondary N) is 1. The summed E-state index contributed by atoms with van der Waals surface area (Å²) in [6, 6.07) is 9.78. The number of halogens is 1. The van der Waals surface area contributed by atoms with Gasteiger partial charge in [0.2, 0.25) is 0 Å². The fourth-order valence-corrected chi connectivity index (χ4v) is 2.14. The van der Waals surface area contributed by atoms with Crippen LogP contribution in [0.5, 0.6) is 5.75 Å². The molecule has 0 unspecified atom stereocenters. The molecule has 1 aromatic carbocycles. The third kappa shape index (κ3) is 4.51. The van der Waals surface area contributed by atoms with Gasteiger partial charge in [0.25, 0.3) is 0 Å². The van der Waals surface area contributed by atoms with E-state index in [2.05, 4.69) is 17.2 Å². The van der Waals surface area contributed by atoms with E-state index < -0.39 is 0 Å². The molecule has 20 heavy (non-hydrogen) atoms. The molecular weight excluding hydrogens is 272 g/mol. The first-order valence-electron chi connectivity index (χ1n) is 6.80. The molecule has 4 heteroatoms. The van der Waals surface area contributed by atoms with Gasteiger partial charge in [-0.15, -0.1) is 0 Å². The predicted octanol–water partition coefficient (Wildman–Crippen LogP) is 3.47. The zero-order chi connectivity index (χ0) is 14.2. The van der Waals surface area contributed by atoms with Crippen LogP contribution in [0.15, 0.2) is 42.7 Å². The Morgan fingerprint density at radius 1 is 1.30 bits per heavy atom. The normalized spacial score (nSPS) is 10.5. The van der Waals surface area contributed by atoms with E-state index in [1.165, 1.54) is 5.56 Å². The fourth-order valence-electron chi connectivity index (χ4n) is 1.89. The zero-order valence-corrected chi connectivity index (χ0v) is 12.4. The summed E-state index contributed by atoms with van der Waals surface area (Å²) >= 11 is 6.07. The quantitative estimate of drug-likeness (QED) is 0.793. The predicted molar refractivity (Wildman–Crippen MR) is 82.3 cm³/mol. The minimum atomic E-state index is 0.630. The van der Waals surface area contributed by atoms with E-state index in [1.807, 2.05) is 36.5 Å². The van der Waals surface area contributed by atoms with Crippen LogP contribution in [0.2, 0.25) is 5.02 Å². The van der Waals surface area contributed by atoms with Crippen molar-refractivity contribution >= 4 is 11.6 Å². The van der Waals surface area contributed by atoms with Crippen LogP contribution in [0.4, 0.5) is 0 Å². The maximum Gasteiger partial charge on any atom is 0.119 e. The Labute approximate surface area is 124 Å². The topological polar surface area (TPSA) is 34.1 Å². The number of pyridine rings is 1. The molecule has 0 saturated carbocycles. The van der Waals surface area contributed by atoms with Gasteiger partial charge < -0.3 is 10.1 Å². The van der Waals surface area contributed by atoms with Gasteiger partial charge in [0.1, 0.15) is 12.4 Å². The molecule has 1 heterocycles. The molecular formula is C16H19ClN2O. The lowest BCUT2D eigenvalue weighted by Gasteiger charge is -2.09. The van der Waals surface area contributed by atoms with Crippen LogP contribution >= 0.6 is 11.6 Å². The molecule has 0 bridgehead atoms. The fraction of sp³-hybridized carbons (Fsp3) is 0.312. The number of ether oxygens (including phenoxy) is 1. The Balaban J connectivity index is 1.71. The Morgan fingerprint density at radius 2 is 2.20 bits per heavy atom. The van der Waals surface area contributed by atoms with E-state index in [9.17, 15) is 0 Å². The van der Waals surface area contributed by atoms with Crippen LogP contribution in [0, 0.1) is 0 Å². The van der Waals surface area contributed by atoms with Crippen LogP contribution in [0.25, 0.3) is 0 Å². The van der Waals surface area contributed by atoms with Crippen molar-refractivity contribution in [3.8, 4) is 5.75 Å². The minimum Gasteiger partial charge on any atom is -0.492 e. The second-order valence-corrected chi connectivity index (χ2v) is 4.90. The smallest absolute Gasteiger partial charge is 0.119 e. The molecule has 2 rings (SSSR count). The standard InChI is InChI=1S/C16H19ClN2O/c1-2-14-10-15(5-6-16(14)17)20-9-8-19-12-13-4-3-7-18-11-13/h3-7,10-11,19H,2,8-9,12H2,1H3. The highest BCUT2D eigenvalue weighted by atomic mass is 35.5. The minimum absolute atomic E-state index is 0.630. The van der Waals surface area contributed by atoms with Crippen molar-refractivity contribution < 1.29 is 4.74 Å². The Kier molecular flexibility index (Phi) is 5.84. The average Bonchev–Trinajstić information content (AvgIpc) is 2.49. The van der Waals surface area contributed by atoms with E-state index in [4.69, 9.17) is 16.3 Å². The van der Waals surface area contributed by atoms with Gasteiger partial charge in [-0.2, -0.15) is 0 Å². The van der Waals surface area contributed by atoms with Crippen molar-refractivity contribution in [2.24, 2.45) is 0 Å². The first-order valence-corrected chi connectivity index (χ1v) is 7.18. The largest absolute Gasteiger partial charge is 0.492 e. The van der Waals surface area contributed by atoms with Gasteiger partial charge in [0, 0.05) is 30.5 Å². The second-order valence-electron chi connectivity index (χ2n) is 4.49. The zero-order valence-electron chi connectivity index (χ0n) is 11.6. The highest BCUT2D eigenvalue weighted by Crippen LogP contribution is 2.22. The average molecular weight is 291 g/mol. The molecule has 0 aliphatic heterocycles. The van der Waals surface area contributed by atoms with Crippen molar-refractivity contribution in [1.29, 1.82) is 0 Å². The first-order chi connectivity index (χ1) is 9.79. The number of hydrogen-bond donors (Lipinski definition) is 1. The maximum absolute atomic E-state index is 6.07.